The third-order valence-electron chi connectivity index (χ3n) is 6.70. The maximum atomic E-state index is 13.3. The highest BCUT2D eigenvalue weighted by molar-refractivity contribution is 6.46. The average molecular weight is 484 g/mol. The monoisotopic (exact) mass is 483 g/mol. The Bertz CT molecular complexity index is 1310. The zero-order valence-electron chi connectivity index (χ0n) is 20.4. The number of likely N-dealkylation sites (tertiary alicyclic amines) is 1. The van der Waals surface area contributed by atoms with Crippen LogP contribution in [0.3, 0.4) is 0 Å². The van der Waals surface area contributed by atoms with Crippen LogP contribution >= 0.6 is 0 Å². The van der Waals surface area contributed by atoms with E-state index in [0.29, 0.717) is 30.9 Å². The molecule has 0 saturated carbocycles. The summed E-state index contributed by atoms with van der Waals surface area (Å²) in [5.41, 5.74) is 3.39. The smallest absolute Gasteiger partial charge is 0.295 e. The molecule has 3 aromatic carbocycles. The molecule has 6 nitrogen and oxygen atoms in total. The molecule has 1 saturated heterocycles. The molecule has 0 aliphatic carbocycles. The van der Waals surface area contributed by atoms with Crippen LogP contribution in [0.5, 0.6) is 11.5 Å². The first kappa shape index (κ1) is 23.7. The van der Waals surface area contributed by atoms with Crippen molar-refractivity contribution in [2.75, 3.05) is 13.2 Å². The maximum absolute atomic E-state index is 13.3. The van der Waals surface area contributed by atoms with E-state index in [1.807, 2.05) is 80.6 Å². The number of fused-ring (bicyclic) bond motifs is 1. The number of carbonyl (C=O) groups is 2. The van der Waals surface area contributed by atoms with Crippen LogP contribution in [-0.2, 0) is 22.4 Å². The molecule has 1 N–H and O–H groups in total. The van der Waals surface area contributed by atoms with E-state index >= 15 is 0 Å². The minimum absolute atomic E-state index is 0.0600. The summed E-state index contributed by atoms with van der Waals surface area (Å²) in [4.78, 5) is 28.1. The molecule has 0 radical (unpaired) electrons. The standard InChI is InChI=1S/C30H29NO5/c1-3-35-24-12-9-21(10-13-24)27-26(28(32)22-11-14-25-23(18-22)17-19(2)36-25)29(33)30(34)31(27)16-15-20-7-5-4-6-8-20/h4-14,18-19,27,32H,3,15-17H2,1-2H3/b28-26+/t19-,27-/m1/s1. The van der Waals surface area contributed by atoms with E-state index in [2.05, 4.69) is 0 Å². The van der Waals surface area contributed by atoms with Gasteiger partial charge in [-0.2, -0.15) is 0 Å². The summed E-state index contributed by atoms with van der Waals surface area (Å²) < 4.78 is 11.4. The fraction of sp³-hybridized carbons (Fsp3) is 0.267. The molecule has 3 aromatic rings. The number of aliphatic hydroxyl groups excluding tert-OH is 1. The second kappa shape index (κ2) is 9.90. The minimum atomic E-state index is -0.701. The molecule has 6 heteroatoms. The fourth-order valence-corrected chi connectivity index (χ4v) is 4.99. The Kier molecular flexibility index (Phi) is 6.51. The van der Waals surface area contributed by atoms with Gasteiger partial charge in [-0.15, -0.1) is 0 Å². The number of benzene rings is 3. The van der Waals surface area contributed by atoms with Gasteiger partial charge in [-0.1, -0.05) is 42.5 Å². The van der Waals surface area contributed by atoms with E-state index in [1.54, 1.807) is 11.0 Å². The Hall–Kier alpha value is -4.06. The molecule has 1 amide bonds. The highest BCUT2D eigenvalue weighted by Gasteiger charge is 2.46. The van der Waals surface area contributed by atoms with Gasteiger partial charge in [-0.05, 0) is 67.3 Å². The Labute approximate surface area is 210 Å². The summed E-state index contributed by atoms with van der Waals surface area (Å²) >= 11 is 0. The molecule has 2 aliphatic heterocycles. The van der Waals surface area contributed by atoms with Crippen LogP contribution in [0.4, 0.5) is 0 Å². The molecule has 184 valence electrons. The number of Topliss-reactive ketones (excluding diaryl/α,β-unsaturated/α-hetero) is 1. The van der Waals surface area contributed by atoms with Crippen molar-refractivity contribution in [3.8, 4) is 11.5 Å². The third-order valence-corrected chi connectivity index (χ3v) is 6.70. The topological polar surface area (TPSA) is 76.1 Å². The summed E-state index contributed by atoms with van der Waals surface area (Å²) in [6.45, 7) is 4.78. The molecule has 0 bridgehead atoms. The zero-order valence-corrected chi connectivity index (χ0v) is 20.4. The summed E-state index contributed by atoms with van der Waals surface area (Å²) in [6.07, 6.45) is 1.38. The predicted molar refractivity (Wildman–Crippen MR) is 137 cm³/mol. The largest absolute Gasteiger partial charge is 0.507 e. The number of amides is 1. The Balaban J connectivity index is 1.56. The molecule has 2 heterocycles. The van der Waals surface area contributed by atoms with Gasteiger partial charge in [0.25, 0.3) is 11.7 Å². The van der Waals surface area contributed by atoms with Crippen LogP contribution in [0.2, 0.25) is 0 Å². The molecule has 5 rings (SSSR count). The highest BCUT2D eigenvalue weighted by Crippen LogP contribution is 2.41. The van der Waals surface area contributed by atoms with Gasteiger partial charge >= 0.3 is 0 Å². The van der Waals surface area contributed by atoms with Crippen molar-refractivity contribution in [1.29, 1.82) is 0 Å². The van der Waals surface area contributed by atoms with Crippen LogP contribution in [0.1, 0.15) is 42.1 Å². The lowest BCUT2D eigenvalue weighted by Gasteiger charge is -2.25. The normalized spacial score (nSPS) is 20.3. The van der Waals surface area contributed by atoms with E-state index in [-0.39, 0.29) is 17.4 Å². The van der Waals surface area contributed by atoms with E-state index in [9.17, 15) is 14.7 Å². The highest BCUT2D eigenvalue weighted by atomic mass is 16.5. The van der Waals surface area contributed by atoms with Gasteiger partial charge in [-0.25, -0.2) is 0 Å². The molecular weight excluding hydrogens is 454 g/mol. The number of hydrogen-bond donors (Lipinski definition) is 1. The van der Waals surface area contributed by atoms with Gasteiger partial charge < -0.3 is 19.5 Å². The summed E-state index contributed by atoms with van der Waals surface area (Å²) in [5, 5.41) is 11.4. The molecule has 1 fully saturated rings. The molecule has 2 aliphatic rings. The number of hydrogen-bond acceptors (Lipinski definition) is 5. The number of rotatable bonds is 7. The van der Waals surface area contributed by atoms with Crippen LogP contribution < -0.4 is 9.47 Å². The fourth-order valence-electron chi connectivity index (χ4n) is 4.99. The van der Waals surface area contributed by atoms with Crippen molar-refractivity contribution >= 4 is 17.4 Å². The van der Waals surface area contributed by atoms with Gasteiger partial charge in [0, 0.05) is 18.5 Å². The first-order chi connectivity index (χ1) is 17.5. The van der Waals surface area contributed by atoms with Gasteiger partial charge in [0.05, 0.1) is 18.2 Å². The lowest BCUT2D eigenvalue weighted by Crippen LogP contribution is -2.31. The molecule has 0 spiro atoms. The molecule has 2 atom stereocenters. The predicted octanol–water partition coefficient (Wildman–Crippen LogP) is 5.07. The van der Waals surface area contributed by atoms with Crippen molar-refractivity contribution in [2.45, 2.75) is 38.8 Å². The molecule has 0 aromatic heterocycles. The zero-order chi connectivity index (χ0) is 25.2. The third kappa shape index (κ3) is 4.47. The Morgan fingerprint density at radius 2 is 1.81 bits per heavy atom. The van der Waals surface area contributed by atoms with Gasteiger partial charge in [0.1, 0.15) is 23.4 Å². The second-order valence-corrected chi connectivity index (χ2v) is 9.19. The number of nitrogens with zero attached hydrogens (tertiary/aromatic N) is 1. The van der Waals surface area contributed by atoms with Crippen molar-refractivity contribution in [2.24, 2.45) is 0 Å². The number of aliphatic hydroxyl groups is 1. The number of ketones is 1. The van der Waals surface area contributed by atoms with E-state index in [4.69, 9.17) is 9.47 Å². The van der Waals surface area contributed by atoms with Crippen LogP contribution in [0.25, 0.3) is 5.76 Å². The van der Waals surface area contributed by atoms with Crippen molar-refractivity contribution in [3.05, 3.63) is 101 Å². The Morgan fingerprint density at radius 1 is 1.06 bits per heavy atom. The van der Waals surface area contributed by atoms with Gasteiger partial charge in [0.2, 0.25) is 0 Å². The number of carbonyl (C=O) groups excluding carboxylic acids is 2. The lowest BCUT2D eigenvalue weighted by atomic mass is 9.94. The quantitative estimate of drug-likeness (QED) is 0.288. The van der Waals surface area contributed by atoms with Crippen molar-refractivity contribution in [1.82, 2.24) is 4.90 Å². The van der Waals surface area contributed by atoms with Crippen molar-refractivity contribution < 1.29 is 24.2 Å². The van der Waals surface area contributed by atoms with Gasteiger partial charge in [-0.3, -0.25) is 9.59 Å². The first-order valence-corrected chi connectivity index (χ1v) is 12.3. The van der Waals surface area contributed by atoms with Crippen LogP contribution in [0, 0.1) is 0 Å². The van der Waals surface area contributed by atoms with Crippen LogP contribution in [-0.4, -0.2) is 41.0 Å². The lowest BCUT2D eigenvalue weighted by molar-refractivity contribution is -0.139. The SMILES string of the molecule is CCOc1ccc([C@@H]2/C(=C(\O)c3ccc4c(c3)C[C@@H](C)O4)C(=O)C(=O)N2CCc2ccccc2)cc1. The number of ether oxygens (including phenoxy) is 2. The van der Waals surface area contributed by atoms with E-state index < -0.39 is 17.7 Å². The van der Waals surface area contributed by atoms with Gasteiger partial charge in [0.15, 0.2) is 0 Å². The summed E-state index contributed by atoms with van der Waals surface area (Å²) in [7, 11) is 0. The summed E-state index contributed by atoms with van der Waals surface area (Å²) in [5.74, 6) is 0.0338. The Morgan fingerprint density at radius 3 is 2.53 bits per heavy atom. The van der Waals surface area contributed by atoms with E-state index in [1.165, 1.54) is 0 Å². The molecular formula is C30H29NO5. The van der Waals surface area contributed by atoms with Crippen LogP contribution in [0.15, 0.2) is 78.4 Å². The maximum Gasteiger partial charge on any atom is 0.295 e. The second-order valence-electron chi connectivity index (χ2n) is 9.19. The summed E-state index contributed by atoms with van der Waals surface area (Å²) in [6, 6.07) is 21.9. The molecule has 0 unspecified atom stereocenters. The van der Waals surface area contributed by atoms with Crippen molar-refractivity contribution in [3.63, 3.8) is 0 Å². The minimum Gasteiger partial charge on any atom is -0.507 e. The first-order valence-electron chi connectivity index (χ1n) is 12.3. The molecule has 36 heavy (non-hydrogen) atoms. The van der Waals surface area contributed by atoms with E-state index in [0.717, 1.165) is 28.9 Å². The average Bonchev–Trinajstić information content (AvgIpc) is 3.39.